The fourth-order valence-electron chi connectivity index (χ4n) is 17.8. The van der Waals surface area contributed by atoms with Crippen LogP contribution in [0.25, 0.3) is 0 Å². The number of aromatic hydroxyl groups is 3. The smallest absolute Gasteiger partial charge is 0.174 e. The van der Waals surface area contributed by atoms with Crippen molar-refractivity contribution in [2.45, 2.75) is 172 Å². The van der Waals surface area contributed by atoms with E-state index in [0.29, 0.717) is 68.6 Å². The van der Waals surface area contributed by atoms with Gasteiger partial charge in [-0.15, -0.1) is 12.4 Å². The molecule has 0 unspecified atom stereocenters. The fourth-order valence-corrected chi connectivity index (χ4v) is 17.8. The first-order valence-corrected chi connectivity index (χ1v) is 26.7. The molecule has 5 saturated carbocycles. The van der Waals surface area contributed by atoms with E-state index in [1.807, 2.05) is 18.2 Å². The molecular weight excluding hydrogens is 942 g/mol. The maximum Gasteiger partial charge on any atom is 0.174 e. The van der Waals surface area contributed by atoms with Crippen LogP contribution in [0.3, 0.4) is 0 Å². The highest BCUT2D eigenvalue weighted by Gasteiger charge is 2.76. The van der Waals surface area contributed by atoms with Gasteiger partial charge in [-0.05, 0) is 150 Å². The highest BCUT2D eigenvalue weighted by Crippen LogP contribution is 2.68. The van der Waals surface area contributed by atoms with Gasteiger partial charge in [0.1, 0.15) is 0 Å². The summed E-state index contributed by atoms with van der Waals surface area (Å²) < 4.78 is 18.0. The van der Waals surface area contributed by atoms with Gasteiger partial charge in [0.2, 0.25) is 0 Å². The van der Waals surface area contributed by atoms with E-state index in [9.17, 15) is 45.0 Å². The van der Waals surface area contributed by atoms with E-state index >= 15 is 0 Å². The number of phenols is 3. The Morgan fingerprint density at radius 1 is 0.514 bits per heavy atom. The van der Waals surface area contributed by atoms with Crippen molar-refractivity contribution in [2.75, 3.05) is 32.7 Å². The summed E-state index contributed by atoms with van der Waals surface area (Å²) in [5.41, 5.74) is 1.24. The zero-order valence-corrected chi connectivity index (χ0v) is 41.2. The summed E-state index contributed by atoms with van der Waals surface area (Å²) in [5, 5.41) is 69.6. The van der Waals surface area contributed by atoms with Crippen LogP contribution in [0.15, 0.2) is 36.4 Å². The molecule has 16 heteroatoms. The zero-order chi connectivity index (χ0) is 48.4. The number of ketones is 3. The standard InChI is InChI=1S/2C20H23NO4.C16H17NO4.ClH/c2*22-13-4-3-12-9-15-20(24)6-5-14(23)18-19(20,16(12)17(13)25-18)7-8-21(15)10-11-1-2-11;18-9-2-1-8-7-11-16(20)4-3-10(19)14-15(16,5-6-17-11)12(8)13(9)21-14;/h2*3-4,11,15,18,22,24H,1-2,5-10H2;1-2,11,14,17-18,20H,3-7H2;1H/t2*15-,18+,19+,20-;11-,14+,15+,16-;/m111./s1. The van der Waals surface area contributed by atoms with Crippen LogP contribution < -0.4 is 19.5 Å². The highest BCUT2D eigenvalue weighted by molar-refractivity contribution is 5.92. The fraction of sp³-hybridized carbons (Fsp3) is 0.625. The zero-order valence-electron chi connectivity index (χ0n) is 40.4. The van der Waals surface area contributed by atoms with Gasteiger partial charge >= 0.3 is 0 Å². The van der Waals surface area contributed by atoms with Gasteiger partial charge in [-0.1, -0.05) is 18.2 Å². The lowest BCUT2D eigenvalue weighted by molar-refractivity contribution is -0.188. The predicted octanol–water partition coefficient (Wildman–Crippen LogP) is 3.88. The molecule has 0 aromatic heterocycles. The maximum atomic E-state index is 12.7. The van der Waals surface area contributed by atoms with E-state index in [2.05, 4.69) is 15.1 Å². The van der Waals surface area contributed by atoms with Crippen LogP contribution in [-0.2, 0) is 49.9 Å². The van der Waals surface area contributed by atoms with Crippen molar-refractivity contribution in [3.8, 4) is 34.5 Å². The van der Waals surface area contributed by atoms with E-state index < -0.39 is 51.4 Å². The number of halogens is 1. The number of ether oxygens (including phenoxy) is 3. The van der Waals surface area contributed by atoms with Crippen LogP contribution in [0.5, 0.6) is 34.5 Å². The number of nitrogens with zero attached hydrogens (tertiary/aromatic N) is 2. The Hall–Kier alpha value is -4.48. The largest absolute Gasteiger partial charge is 0.504 e. The second-order valence-corrected chi connectivity index (χ2v) is 24.2. The normalized spacial score (nSPS) is 41.1. The monoisotopic (exact) mass is 1010 g/mol. The molecule has 72 heavy (non-hydrogen) atoms. The quantitative estimate of drug-likeness (QED) is 0.197. The van der Waals surface area contributed by atoms with Gasteiger partial charge in [0, 0.05) is 67.2 Å². The van der Waals surface area contributed by atoms with E-state index in [4.69, 9.17) is 14.2 Å². The number of Topliss-reactive ketones (excluding diaryl/α,β-unsaturated/α-hetero) is 3. The summed E-state index contributed by atoms with van der Waals surface area (Å²) in [6.45, 7) is 4.66. The molecule has 382 valence electrons. The minimum atomic E-state index is -0.962. The molecule has 12 atom stereocenters. The van der Waals surface area contributed by atoms with E-state index in [1.54, 1.807) is 18.2 Å². The number of phenolic OH excluding ortho intramolecular Hbond substituents is 3. The van der Waals surface area contributed by atoms with Gasteiger partial charge in [0.15, 0.2) is 70.2 Å². The number of likely N-dealkylation sites (tertiary alicyclic amines) is 2. The summed E-state index contributed by atoms with van der Waals surface area (Å²) in [7, 11) is 0. The van der Waals surface area contributed by atoms with Gasteiger partial charge in [-0.25, -0.2) is 0 Å². The first kappa shape index (κ1) is 46.1. The first-order chi connectivity index (χ1) is 34.2. The Morgan fingerprint density at radius 2 is 0.889 bits per heavy atom. The summed E-state index contributed by atoms with van der Waals surface area (Å²) >= 11 is 0. The van der Waals surface area contributed by atoms with Crippen molar-refractivity contribution >= 4 is 29.8 Å². The Balaban J connectivity index is 0.000000100. The summed E-state index contributed by atoms with van der Waals surface area (Å²) in [6, 6.07) is 10.9. The van der Waals surface area contributed by atoms with Crippen molar-refractivity contribution in [2.24, 2.45) is 11.8 Å². The van der Waals surface area contributed by atoms with Gasteiger partial charge < -0.3 is 50.2 Å². The molecule has 3 saturated heterocycles. The van der Waals surface area contributed by atoms with E-state index in [-0.39, 0.29) is 65.1 Å². The van der Waals surface area contributed by atoms with Crippen LogP contribution in [-0.4, -0.2) is 144 Å². The molecule has 8 fully saturated rings. The van der Waals surface area contributed by atoms with E-state index in [0.717, 1.165) is 104 Å². The Morgan fingerprint density at radius 3 is 1.29 bits per heavy atom. The molecule has 15 nitrogen and oxygen atoms in total. The minimum absolute atomic E-state index is 0. The van der Waals surface area contributed by atoms with Crippen LogP contribution >= 0.6 is 12.4 Å². The number of carbonyl (C=O) groups excluding carboxylic acids is 3. The molecule has 6 heterocycles. The molecule has 0 amide bonds. The van der Waals surface area contributed by atoms with Crippen molar-refractivity contribution in [1.82, 2.24) is 15.1 Å². The lowest BCUT2D eigenvalue weighted by atomic mass is 9.49. The summed E-state index contributed by atoms with van der Waals surface area (Å²) in [5.74, 6) is 3.32. The number of piperidine rings is 3. The molecule has 3 spiro atoms. The maximum absolute atomic E-state index is 12.7. The molecule has 7 N–H and O–H groups in total. The SMILES string of the molecule is Cl.O=C1CC[C@@]2(O)[C@H]3Cc4ccc(O)c5c4[C@@]2(CCN3)[C@H]1O5.O=C1CC[C@@]2(O)[C@H]3Cc4ccc(O)c5c4[C@@]2(CCN3CC2CC2)[C@H]1O5.O=C1CC[C@@]2(O)[C@H]3Cc4ccc(O)c5c4[C@@]2(CCN3CC2CC2)[C@H]1O5. The summed E-state index contributed by atoms with van der Waals surface area (Å²) in [4.78, 5) is 42.8. The number of rotatable bonds is 4. The van der Waals surface area contributed by atoms with Crippen molar-refractivity contribution < 1.29 is 59.2 Å². The number of benzene rings is 3. The molecule has 8 aliphatic carbocycles. The lowest BCUT2D eigenvalue weighted by Gasteiger charge is -2.62. The Kier molecular flexibility index (Phi) is 9.66. The minimum Gasteiger partial charge on any atom is -0.504 e. The predicted molar refractivity (Wildman–Crippen MR) is 260 cm³/mol. The van der Waals surface area contributed by atoms with Crippen LogP contribution in [0.2, 0.25) is 0 Å². The number of hydrogen-bond acceptors (Lipinski definition) is 15. The second-order valence-electron chi connectivity index (χ2n) is 24.2. The Labute approximate surface area is 423 Å². The third kappa shape index (κ3) is 5.51. The summed E-state index contributed by atoms with van der Waals surface area (Å²) in [6.07, 6.45) is 10.2. The third-order valence-corrected chi connectivity index (χ3v) is 21.2. The van der Waals surface area contributed by atoms with Crippen molar-refractivity contribution in [1.29, 1.82) is 0 Å². The molecule has 14 aliphatic rings. The van der Waals surface area contributed by atoms with Crippen LogP contribution in [0.1, 0.15) is 117 Å². The molecule has 3 aromatic rings. The third-order valence-electron chi connectivity index (χ3n) is 21.2. The second kappa shape index (κ2) is 15.1. The van der Waals surface area contributed by atoms with Crippen molar-refractivity contribution in [3.63, 3.8) is 0 Å². The number of aliphatic hydroxyl groups is 3. The van der Waals surface area contributed by atoms with Gasteiger partial charge in [0.05, 0.1) is 33.0 Å². The molecule has 6 bridgehead atoms. The number of carbonyl (C=O) groups is 3. The number of nitrogens with one attached hydrogen (secondary N) is 1. The Bertz CT molecular complexity index is 2780. The average molecular weight is 1010 g/mol. The average Bonchev–Trinajstić information content (AvgIpc) is 4.25. The van der Waals surface area contributed by atoms with Gasteiger partial charge in [-0.3, -0.25) is 24.2 Å². The highest BCUT2D eigenvalue weighted by atomic mass is 35.5. The topological polar surface area (TPSA) is 219 Å². The molecule has 3 aromatic carbocycles. The van der Waals surface area contributed by atoms with Gasteiger partial charge in [-0.2, -0.15) is 0 Å². The van der Waals surface area contributed by atoms with Crippen molar-refractivity contribution in [3.05, 3.63) is 69.8 Å². The number of hydrogen-bond donors (Lipinski definition) is 7. The van der Waals surface area contributed by atoms with Crippen LogP contribution in [0.4, 0.5) is 0 Å². The lowest BCUT2D eigenvalue weighted by Crippen LogP contribution is -2.76. The molecule has 17 rings (SSSR count). The van der Waals surface area contributed by atoms with Gasteiger partial charge in [0.25, 0.3) is 0 Å². The molecule has 0 radical (unpaired) electrons. The van der Waals surface area contributed by atoms with Crippen LogP contribution in [0, 0.1) is 11.8 Å². The first-order valence-electron chi connectivity index (χ1n) is 26.7. The molecular formula is C56H64ClN3O12. The molecule has 6 aliphatic heterocycles. The van der Waals surface area contributed by atoms with E-state index in [1.165, 1.54) is 25.7 Å².